The van der Waals surface area contributed by atoms with Gasteiger partial charge in [0.15, 0.2) is 0 Å². The standard InChI is InChI=1S/C28H37FN4O4/c1-28(2,3)17-32-10-8-18(9-11-32)16-37-21-5-7-24(31-14-21)22-6-4-19(12-23(22)29)27(36)33-15-20(34)13-25(33)26(30)35/h4-7,12,14,18,20,25,34H,8-11,13,15-17H2,1-3H3,(H2,30,35)/t20-,25?/m1/s1. The van der Waals surface area contributed by atoms with Gasteiger partial charge in [0.2, 0.25) is 5.91 Å². The quantitative estimate of drug-likeness (QED) is 0.590. The van der Waals surface area contributed by atoms with Crippen molar-refractivity contribution < 1.29 is 23.8 Å². The van der Waals surface area contributed by atoms with Gasteiger partial charge >= 0.3 is 0 Å². The van der Waals surface area contributed by atoms with Gasteiger partial charge in [0.25, 0.3) is 5.91 Å². The number of piperidine rings is 1. The molecule has 0 radical (unpaired) electrons. The molecule has 4 rings (SSSR count). The van der Waals surface area contributed by atoms with Crippen LogP contribution in [-0.4, -0.2) is 76.6 Å². The zero-order valence-electron chi connectivity index (χ0n) is 21.8. The number of aliphatic hydroxyl groups is 1. The van der Waals surface area contributed by atoms with Gasteiger partial charge in [0.1, 0.15) is 17.6 Å². The Morgan fingerprint density at radius 1 is 1.19 bits per heavy atom. The van der Waals surface area contributed by atoms with E-state index in [9.17, 15) is 19.1 Å². The number of rotatable bonds is 7. The van der Waals surface area contributed by atoms with E-state index in [1.807, 2.05) is 0 Å². The first-order valence-corrected chi connectivity index (χ1v) is 12.9. The van der Waals surface area contributed by atoms with E-state index in [4.69, 9.17) is 10.5 Å². The van der Waals surface area contributed by atoms with Crippen molar-refractivity contribution in [3.63, 3.8) is 0 Å². The predicted octanol–water partition coefficient (Wildman–Crippen LogP) is 3.09. The van der Waals surface area contributed by atoms with Crippen LogP contribution in [0.5, 0.6) is 5.75 Å². The third-order valence-electron chi connectivity index (χ3n) is 6.99. The lowest BCUT2D eigenvalue weighted by atomic mass is 9.92. The van der Waals surface area contributed by atoms with Crippen molar-refractivity contribution in [2.75, 3.05) is 32.8 Å². The Labute approximate surface area is 217 Å². The average molecular weight is 513 g/mol. The van der Waals surface area contributed by atoms with Crippen LogP contribution in [0.25, 0.3) is 11.3 Å². The number of hydrogen-bond donors (Lipinski definition) is 2. The SMILES string of the molecule is CC(C)(C)CN1CCC(COc2ccc(-c3ccc(C(=O)N4C[C@H](O)CC4C(N)=O)cc3F)nc2)CC1. The third-order valence-corrected chi connectivity index (χ3v) is 6.99. The predicted molar refractivity (Wildman–Crippen MR) is 138 cm³/mol. The van der Waals surface area contributed by atoms with Crippen LogP contribution in [-0.2, 0) is 4.79 Å². The summed E-state index contributed by atoms with van der Waals surface area (Å²) in [6.45, 7) is 10.7. The van der Waals surface area contributed by atoms with E-state index in [-0.39, 0.29) is 24.1 Å². The molecule has 9 heteroatoms. The lowest BCUT2D eigenvalue weighted by Crippen LogP contribution is -2.43. The van der Waals surface area contributed by atoms with E-state index in [0.29, 0.717) is 29.4 Å². The molecule has 0 saturated carbocycles. The lowest BCUT2D eigenvalue weighted by Gasteiger charge is -2.35. The summed E-state index contributed by atoms with van der Waals surface area (Å²) in [5, 5.41) is 9.85. The van der Waals surface area contributed by atoms with E-state index in [1.54, 1.807) is 18.3 Å². The Kier molecular flexibility index (Phi) is 8.14. The summed E-state index contributed by atoms with van der Waals surface area (Å²) in [7, 11) is 0. The number of carbonyl (C=O) groups excluding carboxylic acids is 2. The largest absolute Gasteiger partial charge is 0.492 e. The average Bonchev–Trinajstić information content (AvgIpc) is 3.24. The second-order valence-corrected chi connectivity index (χ2v) is 11.4. The Morgan fingerprint density at radius 2 is 1.92 bits per heavy atom. The lowest BCUT2D eigenvalue weighted by molar-refractivity contribution is -0.121. The summed E-state index contributed by atoms with van der Waals surface area (Å²) < 4.78 is 20.9. The molecule has 200 valence electrons. The number of nitrogens with zero attached hydrogens (tertiary/aromatic N) is 3. The molecule has 2 atom stereocenters. The van der Waals surface area contributed by atoms with Crippen molar-refractivity contribution in [3.05, 3.63) is 47.9 Å². The highest BCUT2D eigenvalue weighted by Crippen LogP contribution is 2.27. The smallest absolute Gasteiger partial charge is 0.254 e. The molecule has 0 bridgehead atoms. The van der Waals surface area contributed by atoms with Crippen molar-refractivity contribution in [1.29, 1.82) is 0 Å². The summed E-state index contributed by atoms with van der Waals surface area (Å²) in [4.78, 5) is 32.6. The van der Waals surface area contributed by atoms with Gasteiger partial charge in [-0.1, -0.05) is 20.8 Å². The number of pyridine rings is 1. The number of ether oxygens (including phenoxy) is 1. The minimum absolute atomic E-state index is 0.0190. The highest BCUT2D eigenvalue weighted by molar-refractivity contribution is 5.98. The molecule has 1 aromatic carbocycles. The summed E-state index contributed by atoms with van der Waals surface area (Å²) >= 11 is 0. The number of halogens is 1. The first-order chi connectivity index (χ1) is 17.5. The fraction of sp³-hybridized carbons (Fsp3) is 0.536. The second-order valence-electron chi connectivity index (χ2n) is 11.4. The number of aliphatic hydroxyl groups excluding tert-OH is 1. The van der Waals surface area contributed by atoms with Crippen LogP contribution in [0.2, 0.25) is 0 Å². The molecular weight excluding hydrogens is 475 g/mol. The maximum absolute atomic E-state index is 15.0. The van der Waals surface area contributed by atoms with Crippen molar-refractivity contribution in [3.8, 4) is 17.0 Å². The monoisotopic (exact) mass is 512 g/mol. The van der Waals surface area contributed by atoms with Crippen molar-refractivity contribution in [2.24, 2.45) is 17.1 Å². The summed E-state index contributed by atoms with van der Waals surface area (Å²) in [6.07, 6.45) is 3.04. The van der Waals surface area contributed by atoms with E-state index in [1.165, 1.54) is 17.0 Å². The number of β-amino-alcohol motifs (C(OH)–C–C–N with tert-alkyl or cyclic N) is 1. The maximum Gasteiger partial charge on any atom is 0.254 e. The van der Waals surface area contributed by atoms with Crippen LogP contribution < -0.4 is 10.5 Å². The minimum atomic E-state index is -0.907. The van der Waals surface area contributed by atoms with Crippen LogP contribution in [0.1, 0.15) is 50.4 Å². The van der Waals surface area contributed by atoms with Crippen molar-refractivity contribution in [1.82, 2.24) is 14.8 Å². The molecule has 2 aliphatic heterocycles. The molecule has 0 spiro atoms. The maximum atomic E-state index is 15.0. The molecule has 1 unspecified atom stereocenters. The van der Waals surface area contributed by atoms with Crippen LogP contribution in [0.15, 0.2) is 36.5 Å². The molecule has 37 heavy (non-hydrogen) atoms. The third kappa shape index (κ3) is 6.84. The van der Waals surface area contributed by atoms with Crippen LogP contribution in [0.3, 0.4) is 0 Å². The minimum Gasteiger partial charge on any atom is -0.492 e. The van der Waals surface area contributed by atoms with E-state index in [0.717, 1.165) is 38.5 Å². The van der Waals surface area contributed by atoms with Crippen LogP contribution in [0, 0.1) is 17.2 Å². The van der Waals surface area contributed by atoms with Gasteiger partial charge in [-0.25, -0.2) is 4.39 Å². The van der Waals surface area contributed by atoms with Gasteiger partial charge in [-0.05, 0) is 67.6 Å². The first kappa shape index (κ1) is 27.0. The normalized spacial score (nSPS) is 21.3. The fourth-order valence-electron chi connectivity index (χ4n) is 5.15. The number of carbonyl (C=O) groups is 2. The molecule has 3 N–H and O–H groups in total. The van der Waals surface area contributed by atoms with Gasteiger partial charge in [0, 0.05) is 30.6 Å². The molecule has 8 nitrogen and oxygen atoms in total. The molecule has 0 aliphatic carbocycles. The number of amides is 2. The summed E-state index contributed by atoms with van der Waals surface area (Å²) in [5.41, 5.74) is 6.42. The van der Waals surface area contributed by atoms with E-state index in [2.05, 4.69) is 30.7 Å². The fourth-order valence-corrected chi connectivity index (χ4v) is 5.15. The molecule has 2 aliphatic rings. The van der Waals surface area contributed by atoms with Crippen molar-refractivity contribution >= 4 is 11.8 Å². The molecule has 3 heterocycles. The molecule has 2 fully saturated rings. The van der Waals surface area contributed by atoms with E-state index >= 15 is 0 Å². The topological polar surface area (TPSA) is 109 Å². The molecular formula is C28H37FN4O4. The van der Waals surface area contributed by atoms with Crippen molar-refractivity contribution in [2.45, 2.75) is 52.2 Å². The first-order valence-electron chi connectivity index (χ1n) is 12.9. The number of nitrogens with two attached hydrogens (primary N) is 1. The number of primary amides is 1. The second kappa shape index (κ2) is 11.1. The molecule has 2 aromatic rings. The molecule has 2 amide bonds. The van der Waals surface area contributed by atoms with E-state index < -0.39 is 29.8 Å². The summed E-state index contributed by atoms with van der Waals surface area (Å²) in [5.74, 6) is -0.710. The Hall–Kier alpha value is -3.04. The summed E-state index contributed by atoms with van der Waals surface area (Å²) in [6, 6.07) is 6.66. The zero-order chi connectivity index (χ0) is 26.7. The highest BCUT2D eigenvalue weighted by Gasteiger charge is 2.38. The van der Waals surface area contributed by atoms with Gasteiger partial charge in [-0.15, -0.1) is 0 Å². The van der Waals surface area contributed by atoms with Gasteiger partial charge in [0.05, 0.1) is 24.6 Å². The number of benzene rings is 1. The Morgan fingerprint density at radius 3 is 2.51 bits per heavy atom. The van der Waals surface area contributed by atoms with Crippen LogP contribution in [0.4, 0.5) is 4.39 Å². The Balaban J connectivity index is 1.33. The molecule has 1 aromatic heterocycles. The van der Waals surface area contributed by atoms with Gasteiger partial charge < -0.3 is 25.4 Å². The van der Waals surface area contributed by atoms with Crippen LogP contribution >= 0.6 is 0 Å². The number of hydrogen-bond acceptors (Lipinski definition) is 6. The van der Waals surface area contributed by atoms with Gasteiger partial charge in [-0.2, -0.15) is 0 Å². The number of aromatic nitrogens is 1. The number of likely N-dealkylation sites (tertiary alicyclic amines) is 2. The van der Waals surface area contributed by atoms with Gasteiger partial charge in [-0.3, -0.25) is 14.6 Å². The zero-order valence-corrected chi connectivity index (χ0v) is 21.8. The molecule has 2 saturated heterocycles. The highest BCUT2D eigenvalue weighted by atomic mass is 19.1. The Bertz CT molecular complexity index is 1110.